The minimum atomic E-state index is -1.32. The molecule has 0 radical (unpaired) electrons. The van der Waals surface area contributed by atoms with Crippen LogP contribution >= 0.6 is 7.85 Å². The highest BCUT2D eigenvalue weighted by molar-refractivity contribution is 7.51. The molecule has 0 saturated carbocycles. The van der Waals surface area contributed by atoms with E-state index >= 15 is 0 Å². The first kappa shape index (κ1) is 18.4. The van der Waals surface area contributed by atoms with Gasteiger partial charge in [-0.3, -0.25) is 0 Å². The van der Waals surface area contributed by atoms with Crippen LogP contribution in [0, 0.1) is 0 Å². The van der Waals surface area contributed by atoms with Crippen molar-refractivity contribution in [1.82, 2.24) is 9.49 Å². The lowest BCUT2D eigenvalue weighted by atomic mass is 10.1. The van der Waals surface area contributed by atoms with Gasteiger partial charge >= 0.3 is 0 Å². The van der Waals surface area contributed by atoms with Gasteiger partial charge in [-0.2, -0.15) is 4.75 Å². The second-order valence-electron chi connectivity index (χ2n) is 8.59. The van der Waals surface area contributed by atoms with Gasteiger partial charge < -0.3 is 4.90 Å². The summed E-state index contributed by atoms with van der Waals surface area (Å²) in [6.45, 7) is 14.9. The third kappa shape index (κ3) is 4.14. The second kappa shape index (κ2) is 6.54. The van der Waals surface area contributed by atoms with Crippen LogP contribution in [0.3, 0.4) is 0 Å². The number of hydrogen-bond donors (Lipinski definition) is 0. The van der Waals surface area contributed by atoms with Gasteiger partial charge in [0.15, 0.2) is 5.82 Å². The monoisotopic (exact) mass is 363 g/mol. The van der Waals surface area contributed by atoms with Gasteiger partial charge in [0.05, 0.1) is 24.0 Å². The van der Waals surface area contributed by atoms with Crippen LogP contribution in [0.4, 0.5) is 5.82 Å². The minimum Gasteiger partial charge on any atom is -0.361 e. The van der Waals surface area contributed by atoms with Crippen molar-refractivity contribution in [3.63, 3.8) is 0 Å². The van der Waals surface area contributed by atoms with Crippen LogP contribution in [0.25, 0.3) is 11.3 Å². The van der Waals surface area contributed by atoms with E-state index in [1.54, 1.807) is 0 Å². The molecule has 3 nitrogen and oxygen atoms in total. The van der Waals surface area contributed by atoms with Gasteiger partial charge in [-0.1, -0.05) is 69.6 Å². The number of aromatic nitrogens is 2. The topological polar surface area (TPSA) is 29.0 Å². The first-order valence-corrected chi connectivity index (χ1v) is 16.7. The Kier molecular flexibility index (Phi) is 5.24. The van der Waals surface area contributed by atoms with Gasteiger partial charge in [-0.15, -0.1) is 0 Å². The predicted octanol–water partition coefficient (Wildman–Crippen LogP) is 5.49. The van der Waals surface area contributed by atoms with E-state index in [0.29, 0.717) is 4.91 Å². The fourth-order valence-electron chi connectivity index (χ4n) is 3.51. The average Bonchev–Trinajstić information content (AvgIpc) is 2.81. The summed E-state index contributed by atoms with van der Waals surface area (Å²) in [6, 6.07) is 10.5. The first-order valence-electron chi connectivity index (χ1n) is 8.21. The highest BCUT2D eigenvalue weighted by Crippen LogP contribution is 2.50. The van der Waals surface area contributed by atoms with Crippen molar-refractivity contribution in [1.29, 1.82) is 0 Å². The Labute approximate surface area is 144 Å². The summed E-state index contributed by atoms with van der Waals surface area (Å²) < 4.78 is 10.4. The normalized spacial score (nSPS) is 13.5. The molecule has 6 heteroatoms. The molecule has 1 unspecified atom stereocenters. The molecule has 2 aromatic rings. The Morgan fingerprint density at radius 3 is 1.83 bits per heavy atom. The van der Waals surface area contributed by atoms with Gasteiger partial charge in [0.2, 0.25) is 0 Å². The quantitative estimate of drug-likeness (QED) is 0.658. The van der Waals surface area contributed by atoms with Crippen molar-refractivity contribution in [2.75, 3.05) is 19.0 Å². The molecule has 0 aliphatic carbocycles. The molecule has 0 amide bonds. The number of nitrogens with zero attached hydrogens (tertiary/aromatic N) is 3. The van der Waals surface area contributed by atoms with Crippen molar-refractivity contribution < 1.29 is 0 Å². The van der Waals surface area contributed by atoms with E-state index in [-0.39, 0.29) is 0 Å². The predicted molar refractivity (Wildman–Crippen MR) is 110 cm³/mol. The highest BCUT2D eigenvalue weighted by Gasteiger charge is 2.41. The molecule has 23 heavy (non-hydrogen) atoms. The van der Waals surface area contributed by atoms with Crippen LogP contribution < -0.4 is 4.90 Å². The lowest BCUT2D eigenvalue weighted by Crippen LogP contribution is -2.43. The largest absolute Gasteiger partial charge is 0.361 e. The molecule has 0 aliphatic heterocycles. The minimum absolute atomic E-state index is 0.662. The molecule has 1 aromatic carbocycles. The Hall–Kier alpha value is -0.906. The fourth-order valence-corrected chi connectivity index (χ4v) is 21.3. The lowest BCUT2D eigenvalue weighted by molar-refractivity contribution is 1.10. The van der Waals surface area contributed by atoms with Crippen molar-refractivity contribution in [3.05, 3.63) is 30.3 Å². The van der Waals surface area contributed by atoms with Crippen molar-refractivity contribution in [2.45, 2.75) is 44.2 Å². The Morgan fingerprint density at radius 2 is 1.39 bits per heavy atom. The van der Waals surface area contributed by atoms with E-state index < -0.39 is 24.0 Å². The van der Waals surface area contributed by atoms with Gasteiger partial charge in [0.25, 0.3) is 0 Å². The Balaban J connectivity index is 2.61. The average molecular weight is 364 g/mol. The van der Waals surface area contributed by atoms with E-state index in [1.165, 1.54) is 5.56 Å². The molecule has 1 aromatic heterocycles. The van der Waals surface area contributed by atoms with Crippen molar-refractivity contribution in [2.24, 2.45) is 0 Å². The highest BCUT2D eigenvalue weighted by atomic mass is 31.1. The molecular weight excluding hydrogens is 333 g/mol. The molecule has 126 valence electrons. The molecule has 1 atom stereocenters. The number of hydrogen-bond acceptors (Lipinski definition) is 3. The first-order chi connectivity index (χ1) is 10.5. The smallest absolute Gasteiger partial charge is 0.160 e. The molecule has 0 aliphatic rings. The molecular formula is C17H30N3PSi2. The van der Waals surface area contributed by atoms with Gasteiger partial charge in [0.1, 0.15) is 5.69 Å². The Morgan fingerprint density at radius 1 is 0.870 bits per heavy atom. The molecule has 0 fully saturated rings. The molecule has 0 spiro atoms. The molecule has 0 N–H and O–H groups in total. The van der Waals surface area contributed by atoms with Crippen LogP contribution in [-0.4, -0.2) is 39.7 Å². The number of rotatable bonds is 5. The molecule has 0 saturated heterocycles. The maximum Gasteiger partial charge on any atom is 0.160 e. The third-order valence-electron chi connectivity index (χ3n) is 3.95. The summed E-state index contributed by atoms with van der Waals surface area (Å²) in [4.78, 5) is 2.83. The van der Waals surface area contributed by atoms with E-state index in [2.05, 4.69) is 88.6 Å². The molecule has 2 rings (SSSR count). The van der Waals surface area contributed by atoms with E-state index in [9.17, 15) is 0 Å². The van der Waals surface area contributed by atoms with Gasteiger partial charge in [-0.05, 0) is 0 Å². The zero-order chi connectivity index (χ0) is 17.4. The summed E-state index contributed by atoms with van der Waals surface area (Å²) >= 11 is 0. The van der Waals surface area contributed by atoms with Crippen LogP contribution in [-0.2, 0) is 0 Å². The van der Waals surface area contributed by atoms with Crippen LogP contribution in [0.5, 0.6) is 0 Å². The molecule has 1 heterocycles. The van der Waals surface area contributed by atoms with E-state index in [1.807, 2.05) is 0 Å². The summed E-state index contributed by atoms with van der Waals surface area (Å²) in [5.74, 6) is 1.06. The summed E-state index contributed by atoms with van der Waals surface area (Å²) in [7, 11) is 0.845. The summed E-state index contributed by atoms with van der Waals surface area (Å²) in [5.41, 5.74) is 2.28. The number of anilines is 1. The standard InChI is InChI=1S/C17H30N3PSi2/c1-20(2)16-15(14-12-10-9-11-13-14)18-21(19-16)17(22(3,4)5)23(6,7)8/h9-13,17H,1-8H3. The Bertz CT molecular complexity index is 641. The number of benzene rings is 1. The van der Waals surface area contributed by atoms with Crippen molar-refractivity contribution >= 4 is 29.8 Å². The maximum atomic E-state index is 5.20. The van der Waals surface area contributed by atoms with Crippen LogP contribution in [0.1, 0.15) is 4.91 Å². The summed E-state index contributed by atoms with van der Waals surface area (Å²) in [5, 5.41) is 0. The zero-order valence-electron chi connectivity index (χ0n) is 15.8. The maximum absolute atomic E-state index is 5.20. The molecule has 0 bridgehead atoms. The van der Waals surface area contributed by atoms with Gasteiger partial charge in [0, 0.05) is 24.6 Å². The van der Waals surface area contributed by atoms with E-state index in [4.69, 9.17) is 9.49 Å². The lowest BCUT2D eigenvalue weighted by Gasteiger charge is -2.36. The zero-order valence-corrected chi connectivity index (χ0v) is 18.6. The van der Waals surface area contributed by atoms with Gasteiger partial charge in [-0.25, -0.2) is 4.75 Å². The fraction of sp³-hybridized carbons (Fsp3) is 0.529. The van der Waals surface area contributed by atoms with Crippen LogP contribution in [0.2, 0.25) is 39.3 Å². The summed E-state index contributed by atoms with van der Waals surface area (Å²) in [6.07, 6.45) is 0. The second-order valence-corrected chi connectivity index (χ2v) is 22.3. The van der Waals surface area contributed by atoms with Crippen molar-refractivity contribution in [3.8, 4) is 11.3 Å². The third-order valence-corrected chi connectivity index (χ3v) is 19.7. The van der Waals surface area contributed by atoms with Crippen LogP contribution in [0.15, 0.2) is 30.3 Å². The van der Waals surface area contributed by atoms with E-state index in [0.717, 1.165) is 11.5 Å². The SMILES string of the molecule is CN(C)c1np(C([Si](C)(C)C)[Si](C)(C)C)nc1-c1ccccc1.